The quantitative estimate of drug-likeness (QED) is 0.363. The molecule has 2 fully saturated rings. The third kappa shape index (κ3) is 8.58. The minimum Gasteiger partial charge on any atom is -0.353 e. The number of hydrogen-bond donors (Lipinski definition) is 2. The van der Waals surface area contributed by atoms with Gasteiger partial charge in [0.15, 0.2) is 9.84 Å². The number of nitrogens with one attached hydrogen (secondary N) is 2. The molecule has 2 saturated heterocycles. The van der Waals surface area contributed by atoms with Gasteiger partial charge in [-0.15, -0.1) is 0 Å². The Hall–Kier alpha value is -2.94. The van der Waals surface area contributed by atoms with Crippen LogP contribution in [0.1, 0.15) is 38.2 Å². The van der Waals surface area contributed by atoms with Gasteiger partial charge in [-0.1, -0.05) is 13.3 Å². The number of unbranched alkanes of at least 4 members (excludes halogenated alkanes) is 1. The Morgan fingerprint density at radius 1 is 1.05 bits per heavy atom. The molecule has 4 rings (SSSR count). The smallest absolute Gasteiger partial charge is 0.243 e. The van der Waals surface area contributed by atoms with Crippen LogP contribution in [0, 0.1) is 17.6 Å². The van der Waals surface area contributed by atoms with Crippen LogP contribution in [0.2, 0.25) is 0 Å². The number of piperazine rings is 1. The second-order valence-electron chi connectivity index (χ2n) is 11.3. The number of carbonyl (C=O) groups excluding carboxylic acids is 2. The number of benzene rings is 2. The maximum absolute atomic E-state index is 14.0. The largest absolute Gasteiger partial charge is 0.353 e. The lowest BCUT2D eigenvalue weighted by atomic mass is 9.97. The molecule has 2 amide bonds. The summed E-state index contributed by atoms with van der Waals surface area (Å²) in [6.07, 6.45) is 3.23. The van der Waals surface area contributed by atoms with E-state index in [0.29, 0.717) is 25.2 Å². The van der Waals surface area contributed by atoms with Crippen molar-refractivity contribution in [3.8, 4) is 0 Å². The molecule has 2 heterocycles. The average Bonchev–Trinajstić information content (AvgIpc) is 3.31. The molecule has 0 aromatic heterocycles. The van der Waals surface area contributed by atoms with E-state index in [1.165, 1.54) is 40.7 Å². The van der Waals surface area contributed by atoms with E-state index in [1.807, 2.05) is 6.92 Å². The number of likely N-dealkylation sites (tertiary alicyclic amines) is 1. The number of carbonyl (C=O) groups is 2. The van der Waals surface area contributed by atoms with Crippen molar-refractivity contribution >= 4 is 31.7 Å². The Balaban J connectivity index is 1.49. The molecule has 3 atom stereocenters. The molecule has 2 aromatic carbocycles. The molecule has 236 valence electrons. The molecule has 0 aliphatic carbocycles. The Morgan fingerprint density at radius 2 is 1.70 bits per heavy atom. The van der Waals surface area contributed by atoms with Gasteiger partial charge in [0.05, 0.1) is 15.7 Å². The summed E-state index contributed by atoms with van der Waals surface area (Å²) >= 11 is 0. The first-order valence-electron chi connectivity index (χ1n) is 14.3. The molecule has 2 aromatic rings. The van der Waals surface area contributed by atoms with Crippen LogP contribution in [0.3, 0.4) is 0 Å². The molecule has 2 aliphatic heterocycles. The van der Waals surface area contributed by atoms with Crippen molar-refractivity contribution in [3.05, 3.63) is 59.7 Å². The molecular formula is C29H38F2N4O6S2. The lowest BCUT2D eigenvalue weighted by molar-refractivity contribution is -0.129. The number of amides is 2. The predicted octanol–water partition coefficient (Wildman–Crippen LogP) is 2.10. The van der Waals surface area contributed by atoms with Crippen molar-refractivity contribution in [2.75, 3.05) is 39.0 Å². The maximum Gasteiger partial charge on any atom is 0.243 e. The van der Waals surface area contributed by atoms with E-state index in [2.05, 4.69) is 10.6 Å². The standard InChI is InChI=1S/C29H38F2N4O6S2/c1-3-4-10-34-18-21(15-28(34)36)29(37)33-24(14-20-12-22(30)16-23(31)13-20)17-25-19-35(11-9-32-25)43(40,41)27-7-5-26(6-8-27)42(2,38)39/h5-8,12-13,16,21,24-25,32H,3-4,9-11,14-15,17-19H2,1-2H3,(H,33,37)/t21?,24?,25-/m0/s1. The van der Waals surface area contributed by atoms with E-state index in [0.717, 1.165) is 25.2 Å². The number of sulfone groups is 1. The molecule has 0 saturated carbocycles. The molecule has 0 radical (unpaired) electrons. The third-order valence-electron chi connectivity index (χ3n) is 7.79. The summed E-state index contributed by atoms with van der Waals surface area (Å²) in [7, 11) is -7.44. The monoisotopic (exact) mass is 640 g/mol. The van der Waals surface area contributed by atoms with Gasteiger partial charge >= 0.3 is 0 Å². The molecule has 0 spiro atoms. The van der Waals surface area contributed by atoms with E-state index in [1.54, 1.807) is 4.90 Å². The minimum absolute atomic E-state index is 0.00875. The number of halogens is 2. The molecular weight excluding hydrogens is 602 g/mol. The summed E-state index contributed by atoms with van der Waals surface area (Å²) in [6, 6.07) is 7.16. The second kappa shape index (κ2) is 13.8. The highest BCUT2D eigenvalue weighted by Crippen LogP contribution is 2.23. The van der Waals surface area contributed by atoms with Gasteiger partial charge < -0.3 is 15.5 Å². The van der Waals surface area contributed by atoms with E-state index in [-0.39, 0.29) is 54.0 Å². The van der Waals surface area contributed by atoms with Crippen molar-refractivity contribution in [3.63, 3.8) is 0 Å². The van der Waals surface area contributed by atoms with Crippen molar-refractivity contribution < 1.29 is 35.2 Å². The summed E-state index contributed by atoms with van der Waals surface area (Å²) in [5, 5.41) is 6.24. The fourth-order valence-corrected chi connectivity index (χ4v) is 7.68. The van der Waals surface area contributed by atoms with Gasteiger partial charge in [-0.05, 0) is 61.2 Å². The predicted molar refractivity (Wildman–Crippen MR) is 156 cm³/mol. The molecule has 10 nitrogen and oxygen atoms in total. The van der Waals surface area contributed by atoms with Gasteiger partial charge in [-0.3, -0.25) is 9.59 Å². The van der Waals surface area contributed by atoms with Gasteiger partial charge in [0, 0.05) is 63.6 Å². The lowest BCUT2D eigenvalue weighted by Gasteiger charge is -2.35. The summed E-state index contributed by atoms with van der Waals surface area (Å²) in [6.45, 7) is 3.47. The molecule has 2 aliphatic rings. The van der Waals surface area contributed by atoms with Crippen LogP contribution >= 0.6 is 0 Å². The van der Waals surface area contributed by atoms with Gasteiger partial charge in [-0.25, -0.2) is 25.6 Å². The van der Waals surface area contributed by atoms with Gasteiger partial charge in [0.1, 0.15) is 11.6 Å². The summed E-state index contributed by atoms with van der Waals surface area (Å²) in [4.78, 5) is 27.4. The van der Waals surface area contributed by atoms with Gasteiger partial charge in [-0.2, -0.15) is 4.31 Å². The zero-order valence-electron chi connectivity index (χ0n) is 24.3. The second-order valence-corrected chi connectivity index (χ2v) is 15.2. The summed E-state index contributed by atoms with van der Waals surface area (Å²) in [5.41, 5.74) is 0.334. The van der Waals surface area contributed by atoms with Crippen LogP contribution in [0.15, 0.2) is 52.3 Å². The first kappa shape index (κ1) is 33.0. The zero-order chi connectivity index (χ0) is 31.4. The first-order chi connectivity index (χ1) is 20.3. The maximum atomic E-state index is 14.0. The fraction of sp³-hybridized carbons (Fsp3) is 0.517. The molecule has 2 N–H and O–H groups in total. The average molecular weight is 641 g/mol. The third-order valence-corrected chi connectivity index (χ3v) is 10.8. The fourth-order valence-electron chi connectivity index (χ4n) is 5.56. The highest BCUT2D eigenvalue weighted by atomic mass is 32.2. The van der Waals surface area contributed by atoms with Crippen molar-refractivity contribution in [2.45, 2.75) is 60.9 Å². The van der Waals surface area contributed by atoms with Crippen molar-refractivity contribution in [1.82, 2.24) is 19.8 Å². The molecule has 43 heavy (non-hydrogen) atoms. The number of nitrogens with zero attached hydrogens (tertiary/aromatic N) is 2. The normalized spacial score (nSPS) is 20.7. The van der Waals surface area contributed by atoms with Crippen LogP contribution in [-0.2, 0) is 35.9 Å². The van der Waals surface area contributed by atoms with E-state index in [4.69, 9.17) is 0 Å². The van der Waals surface area contributed by atoms with Crippen LogP contribution in [0.5, 0.6) is 0 Å². The number of sulfonamides is 1. The van der Waals surface area contributed by atoms with Crippen LogP contribution in [-0.4, -0.2) is 88.9 Å². The number of hydrogen-bond acceptors (Lipinski definition) is 7. The Labute approximate surface area is 251 Å². The topological polar surface area (TPSA) is 133 Å². The van der Waals surface area contributed by atoms with Gasteiger partial charge in [0.2, 0.25) is 21.8 Å². The van der Waals surface area contributed by atoms with Crippen molar-refractivity contribution in [2.24, 2.45) is 5.92 Å². The van der Waals surface area contributed by atoms with E-state index < -0.39 is 49.5 Å². The Kier molecular flexibility index (Phi) is 10.6. The number of rotatable bonds is 12. The molecule has 14 heteroatoms. The highest BCUT2D eigenvalue weighted by Gasteiger charge is 2.36. The van der Waals surface area contributed by atoms with Crippen LogP contribution in [0.4, 0.5) is 8.78 Å². The SMILES string of the molecule is CCCCN1CC(C(=O)NC(Cc2cc(F)cc(F)c2)C[C@H]2CN(S(=O)(=O)c3ccc(S(C)(=O)=O)cc3)CCN2)CC1=O. The summed E-state index contributed by atoms with van der Waals surface area (Å²) < 4.78 is 79.6. The Morgan fingerprint density at radius 3 is 2.33 bits per heavy atom. The highest BCUT2D eigenvalue weighted by molar-refractivity contribution is 7.90. The molecule has 0 bridgehead atoms. The van der Waals surface area contributed by atoms with Crippen LogP contribution < -0.4 is 10.6 Å². The van der Waals surface area contributed by atoms with E-state index >= 15 is 0 Å². The van der Waals surface area contributed by atoms with E-state index in [9.17, 15) is 35.2 Å². The first-order valence-corrected chi connectivity index (χ1v) is 17.7. The minimum atomic E-state index is -3.95. The Bertz CT molecular complexity index is 1520. The van der Waals surface area contributed by atoms with Crippen molar-refractivity contribution in [1.29, 1.82) is 0 Å². The molecule has 2 unspecified atom stereocenters. The lowest BCUT2D eigenvalue weighted by Crippen LogP contribution is -2.55. The van der Waals surface area contributed by atoms with Crippen LogP contribution in [0.25, 0.3) is 0 Å². The summed E-state index contributed by atoms with van der Waals surface area (Å²) in [5.74, 6) is -2.47. The zero-order valence-corrected chi connectivity index (χ0v) is 25.9. The van der Waals surface area contributed by atoms with Gasteiger partial charge in [0.25, 0.3) is 0 Å².